The van der Waals surface area contributed by atoms with Crippen LogP contribution in [0.2, 0.25) is 0 Å². The fourth-order valence-corrected chi connectivity index (χ4v) is 2.72. The Hall–Kier alpha value is -2.08. The second kappa shape index (κ2) is 7.08. The second-order valence-corrected chi connectivity index (χ2v) is 5.20. The van der Waals surface area contributed by atoms with Crippen LogP contribution in [0.1, 0.15) is 19.3 Å². The molecule has 2 atom stereocenters. The van der Waals surface area contributed by atoms with Crippen molar-refractivity contribution in [3.63, 3.8) is 0 Å². The Kier molecular flexibility index (Phi) is 5.16. The Morgan fingerprint density at radius 3 is 2.81 bits per heavy atom. The lowest BCUT2D eigenvalue weighted by Gasteiger charge is -2.18. The van der Waals surface area contributed by atoms with Crippen LogP contribution in [-0.4, -0.2) is 30.1 Å². The molecule has 114 valence electrons. The van der Waals surface area contributed by atoms with Crippen LogP contribution >= 0.6 is 0 Å². The predicted molar refractivity (Wildman–Crippen MR) is 78.1 cm³/mol. The molecule has 1 aromatic rings. The van der Waals surface area contributed by atoms with Crippen molar-refractivity contribution in [3.8, 4) is 5.75 Å². The number of hydrogen-bond donors (Lipinski definition) is 3. The number of carboxylic acid groups (broad SMARTS) is 1. The first-order valence-corrected chi connectivity index (χ1v) is 7.06. The topological polar surface area (TPSA) is 102 Å². The van der Waals surface area contributed by atoms with Crippen LogP contribution in [0.3, 0.4) is 0 Å². The highest BCUT2D eigenvalue weighted by Crippen LogP contribution is 2.33. The second-order valence-electron chi connectivity index (χ2n) is 5.20. The lowest BCUT2D eigenvalue weighted by atomic mass is 9.95. The van der Waals surface area contributed by atoms with E-state index in [9.17, 15) is 9.59 Å². The fraction of sp³-hybridized carbons (Fsp3) is 0.467. The van der Waals surface area contributed by atoms with Gasteiger partial charge in [0.1, 0.15) is 5.75 Å². The van der Waals surface area contributed by atoms with Gasteiger partial charge in [-0.15, -0.1) is 0 Å². The van der Waals surface area contributed by atoms with Gasteiger partial charge in [-0.2, -0.15) is 0 Å². The molecule has 1 aliphatic rings. The largest absolute Gasteiger partial charge is 0.480 e. The zero-order valence-corrected chi connectivity index (χ0v) is 11.7. The molecule has 0 aliphatic heterocycles. The lowest BCUT2D eigenvalue weighted by molar-refractivity contribution is -0.139. The maximum Gasteiger partial charge on any atom is 0.341 e. The van der Waals surface area contributed by atoms with Crippen LogP contribution in [-0.2, 0) is 9.59 Å². The van der Waals surface area contributed by atoms with E-state index in [-0.39, 0.29) is 17.7 Å². The van der Waals surface area contributed by atoms with Crippen molar-refractivity contribution in [2.45, 2.75) is 19.3 Å². The number of hydrogen-bond acceptors (Lipinski definition) is 4. The molecule has 6 heteroatoms. The smallest absolute Gasteiger partial charge is 0.341 e. The number of carbonyl (C=O) groups is 2. The highest BCUT2D eigenvalue weighted by molar-refractivity contribution is 5.94. The number of rotatable bonds is 6. The number of carboxylic acids is 1. The first-order valence-electron chi connectivity index (χ1n) is 7.06. The summed E-state index contributed by atoms with van der Waals surface area (Å²) in [6.45, 7) is 0.0665. The van der Waals surface area contributed by atoms with Gasteiger partial charge in [0.15, 0.2) is 6.61 Å². The Morgan fingerprint density at radius 1 is 1.33 bits per heavy atom. The Balaban J connectivity index is 2.05. The average molecular weight is 292 g/mol. The van der Waals surface area contributed by atoms with Gasteiger partial charge in [-0.3, -0.25) is 4.79 Å². The van der Waals surface area contributed by atoms with Gasteiger partial charge >= 0.3 is 5.97 Å². The normalized spacial score (nSPS) is 21.0. The summed E-state index contributed by atoms with van der Waals surface area (Å²) in [7, 11) is 0. The summed E-state index contributed by atoms with van der Waals surface area (Å²) in [5, 5.41) is 11.5. The molecule has 0 saturated heterocycles. The van der Waals surface area contributed by atoms with E-state index < -0.39 is 12.6 Å². The van der Waals surface area contributed by atoms with E-state index in [2.05, 4.69) is 5.32 Å². The van der Waals surface area contributed by atoms with E-state index in [0.717, 1.165) is 19.3 Å². The first kappa shape index (κ1) is 15.3. The zero-order valence-electron chi connectivity index (χ0n) is 11.7. The third-order valence-corrected chi connectivity index (χ3v) is 3.79. The summed E-state index contributed by atoms with van der Waals surface area (Å²) in [5.74, 6) is -0.639. The average Bonchev–Trinajstić information content (AvgIpc) is 2.94. The van der Waals surface area contributed by atoms with Crippen LogP contribution < -0.4 is 15.8 Å². The standard InChI is InChI=1S/C15H20N2O4/c16-8-10-4-3-5-11(10)15(20)17-12-6-1-2-7-13(12)21-9-14(18)19/h1-2,6-7,10-11H,3-5,8-9,16H2,(H,17,20)(H,18,19). The van der Waals surface area contributed by atoms with Gasteiger partial charge in [0.25, 0.3) is 0 Å². The molecule has 0 aromatic heterocycles. The minimum Gasteiger partial charge on any atom is -0.480 e. The molecule has 1 fully saturated rings. The molecule has 21 heavy (non-hydrogen) atoms. The number of carbonyl (C=O) groups excluding carboxylic acids is 1. The number of nitrogens with two attached hydrogens (primary N) is 1. The van der Waals surface area contributed by atoms with Crippen LogP contribution in [0, 0.1) is 11.8 Å². The van der Waals surface area contributed by atoms with Crippen molar-refractivity contribution in [2.75, 3.05) is 18.5 Å². The summed E-state index contributed by atoms with van der Waals surface area (Å²) >= 11 is 0. The van der Waals surface area contributed by atoms with Crippen molar-refractivity contribution >= 4 is 17.6 Å². The fourth-order valence-electron chi connectivity index (χ4n) is 2.72. The monoisotopic (exact) mass is 292 g/mol. The van der Waals surface area contributed by atoms with Crippen molar-refractivity contribution in [1.82, 2.24) is 0 Å². The minimum atomic E-state index is -1.06. The Morgan fingerprint density at radius 2 is 2.10 bits per heavy atom. The van der Waals surface area contributed by atoms with Crippen molar-refractivity contribution < 1.29 is 19.4 Å². The molecule has 6 nitrogen and oxygen atoms in total. The molecule has 0 heterocycles. The van der Waals surface area contributed by atoms with Crippen LogP contribution in [0.4, 0.5) is 5.69 Å². The molecule has 0 spiro atoms. The predicted octanol–water partition coefficient (Wildman–Crippen LogP) is 1.46. The van der Waals surface area contributed by atoms with Crippen molar-refractivity contribution in [3.05, 3.63) is 24.3 Å². The van der Waals surface area contributed by atoms with Gasteiger partial charge in [-0.25, -0.2) is 4.79 Å². The highest BCUT2D eigenvalue weighted by atomic mass is 16.5. The van der Waals surface area contributed by atoms with E-state index in [1.807, 2.05) is 0 Å². The molecular weight excluding hydrogens is 272 g/mol. The highest BCUT2D eigenvalue weighted by Gasteiger charge is 2.32. The molecule has 0 radical (unpaired) electrons. The molecule has 1 aromatic carbocycles. The van der Waals surface area contributed by atoms with Gasteiger partial charge in [0.2, 0.25) is 5.91 Å². The van der Waals surface area contributed by atoms with E-state index in [1.165, 1.54) is 0 Å². The van der Waals surface area contributed by atoms with Gasteiger partial charge in [0.05, 0.1) is 5.69 Å². The van der Waals surface area contributed by atoms with Crippen LogP contribution in [0.15, 0.2) is 24.3 Å². The number of ether oxygens (including phenoxy) is 1. The van der Waals surface area contributed by atoms with Crippen molar-refractivity contribution in [2.24, 2.45) is 17.6 Å². The SMILES string of the molecule is NCC1CCCC1C(=O)Nc1ccccc1OCC(=O)O. The molecule has 1 saturated carbocycles. The van der Waals surface area contributed by atoms with Gasteiger partial charge in [0, 0.05) is 5.92 Å². The number of anilines is 1. The Bertz CT molecular complexity index is 518. The molecule has 2 unspecified atom stereocenters. The quantitative estimate of drug-likeness (QED) is 0.737. The van der Waals surface area contributed by atoms with E-state index >= 15 is 0 Å². The van der Waals surface area contributed by atoms with Gasteiger partial charge in [-0.1, -0.05) is 18.6 Å². The molecule has 4 N–H and O–H groups in total. The molecule has 1 amide bonds. The maximum atomic E-state index is 12.3. The zero-order chi connectivity index (χ0) is 15.2. The third kappa shape index (κ3) is 3.95. The number of nitrogens with one attached hydrogen (secondary N) is 1. The molecule has 1 aliphatic carbocycles. The maximum absolute atomic E-state index is 12.3. The summed E-state index contributed by atoms with van der Waals surface area (Å²) in [5.41, 5.74) is 6.19. The molecule has 2 rings (SSSR count). The summed E-state index contributed by atoms with van der Waals surface area (Å²) in [6, 6.07) is 6.82. The first-order chi connectivity index (χ1) is 10.1. The van der Waals surface area contributed by atoms with E-state index in [0.29, 0.717) is 18.0 Å². The molecular formula is C15H20N2O4. The number of para-hydroxylation sites is 2. The number of aliphatic carboxylic acids is 1. The van der Waals surface area contributed by atoms with E-state index in [4.69, 9.17) is 15.6 Å². The van der Waals surface area contributed by atoms with E-state index in [1.54, 1.807) is 24.3 Å². The summed E-state index contributed by atoms with van der Waals surface area (Å²) in [4.78, 5) is 22.9. The lowest BCUT2D eigenvalue weighted by Crippen LogP contribution is -2.30. The minimum absolute atomic E-state index is 0.0747. The number of benzene rings is 1. The van der Waals surface area contributed by atoms with Gasteiger partial charge in [-0.05, 0) is 37.4 Å². The summed E-state index contributed by atoms with van der Waals surface area (Å²) in [6.07, 6.45) is 2.83. The molecule has 0 bridgehead atoms. The Labute approximate surface area is 123 Å². The van der Waals surface area contributed by atoms with Crippen LogP contribution in [0.5, 0.6) is 5.75 Å². The number of amides is 1. The summed E-state index contributed by atoms with van der Waals surface area (Å²) < 4.78 is 5.18. The third-order valence-electron chi connectivity index (χ3n) is 3.79. The van der Waals surface area contributed by atoms with Gasteiger partial charge < -0.3 is 20.9 Å². The van der Waals surface area contributed by atoms with Crippen molar-refractivity contribution in [1.29, 1.82) is 0 Å². The van der Waals surface area contributed by atoms with Crippen LogP contribution in [0.25, 0.3) is 0 Å².